The van der Waals surface area contributed by atoms with Gasteiger partial charge in [0.2, 0.25) is 0 Å². The van der Waals surface area contributed by atoms with Gasteiger partial charge in [-0.15, -0.1) is 11.3 Å². The summed E-state index contributed by atoms with van der Waals surface area (Å²) in [5.74, 6) is 1.89. The first-order chi connectivity index (χ1) is 9.66. The van der Waals surface area contributed by atoms with Crippen molar-refractivity contribution in [1.29, 1.82) is 0 Å². The third-order valence-electron chi connectivity index (χ3n) is 3.76. The van der Waals surface area contributed by atoms with Crippen molar-refractivity contribution in [2.75, 3.05) is 26.7 Å². The van der Waals surface area contributed by atoms with Gasteiger partial charge in [-0.1, -0.05) is 19.0 Å². The van der Waals surface area contributed by atoms with E-state index in [0.29, 0.717) is 11.8 Å². The molecule has 1 aliphatic rings. The minimum atomic E-state index is 0.198. The van der Waals surface area contributed by atoms with Gasteiger partial charge in [0.25, 0.3) is 5.89 Å². The summed E-state index contributed by atoms with van der Waals surface area (Å²) < 4.78 is 5.50. The van der Waals surface area contributed by atoms with Crippen LogP contribution in [0, 0.1) is 0 Å². The summed E-state index contributed by atoms with van der Waals surface area (Å²) in [7, 11) is 2.10. The van der Waals surface area contributed by atoms with E-state index in [1.165, 1.54) is 5.56 Å². The molecule has 6 heteroatoms. The van der Waals surface area contributed by atoms with E-state index in [2.05, 4.69) is 52.7 Å². The van der Waals surface area contributed by atoms with Crippen molar-refractivity contribution in [1.82, 2.24) is 20.4 Å². The van der Waals surface area contributed by atoms with Crippen LogP contribution >= 0.6 is 11.3 Å². The average Bonchev–Trinajstić information content (AvgIpc) is 3.07. The van der Waals surface area contributed by atoms with E-state index >= 15 is 0 Å². The molecule has 1 atom stereocenters. The minimum absolute atomic E-state index is 0.198. The number of nitrogens with zero attached hydrogens (tertiary/aromatic N) is 3. The average molecular weight is 292 g/mol. The Labute approximate surface area is 123 Å². The van der Waals surface area contributed by atoms with E-state index in [1.807, 2.05) is 0 Å². The number of hydrogen-bond donors (Lipinski definition) is 1. The molecule has 1 unspecified atom stereocenters. The molecule has 1 saturated heterocycles. The maximum Gasteiger partial charge on any atom is 0.268 e. The fourth-order valence-electron chi connectivity index (χ4n) is 2.50. The van der Waals surface area contributed by atoms with Gasteiger partial charge in [-0.25, -0.2) is 0 Å². The molecule has 0 saturated carbocycles. The predicted molar refractivity (Wildman–Crippen MR) is 79.9 cm³/mol. The normalized spacial score (nSPS) is 20.7. The molecule has 3 heterocycles. The van der Waals surface area contributed by atoms with Crippen LogP contribution in [0.3, 0.4) is 0 Å². The lowest BCUT2D eigenvalue weighted by atomic mass is 10.0. The molecule has 0 spiro atoms. The van der Waals surface area contributed by atoms with Gasteiger partial charge in [-0.2, -0.15) is 4.98 Å². The molecule has 5 nitrogen and oxygen atoms in total. The smallest absolute Gasteiger partial charge is 0.268 e. The van der Waals surface area contributed by atoms with Crippen molar-refractivity contribution >= 4 is 11.3 Å². The van der Waals surface area contributed by atoms with Crippen LogP contribution in [0.1, 0.15) is 37.2 Å². The van der Waals surface area contributed by atoms with Gasteiger partial charge in [0, 0.05) is 19.6 Å². The lowest BCUT2D eigenvalue weighted by Crippen LogP contribution is -2.44. The molecule has 0 aromatic carbocycles. The number of piperazine rings is 1. The largest absolute Gasteiger partial charge is 0.333 e. The third kappa shape index (κ3) is 2.51. The summed E-state index contributed by atoms with van der Waals surface area (Å²) >= 11 is 1.67. The van der Waals surface area contributed by atoms with Crippen LogP contribution in [0.4, 0.5) is 0 Å². The number of rotatable bonds is 3. The SMILES string of the molecule is CC(C)c1ccsc1-c1nc(C2CNCCN2C)no1. The maximum absolute atomic E-state index is 5.50. The van der Waals surface area contributed by atoms with Gasteiger partial charge in [0.15, 0.2) is 5.82 Å². The predicted octanol–water partition coefficient (Wildman–Crippen LogP) is 2.50. The summed E-state index contributed by atoms with van der Waals surface area (Å²) in [5, 5.41) is 9.65. The van der Waals surface area contributed by atoms with Crippen LogP contribution in [-0.2, 0) is 0 Å². The Hall–Kier alpha value is -1.24. The zero-order chi connectivity index (χ0) is 14.1. The molecule has 0 bridgehead atoms. The van der Waals surface area contributed by atoms with E-state index in [-0.39, 0.29) is 6.04 Å². The van der Waals surface area contributed by atoms with Crippen LogP contribution in [0.2, 0.25) is 0 Å². The van der Waals surface area contributed by atoms with E-state index in [4.69, 9.17) is 4.52 Å². The number of hydrogen-bond acceptors (Lipinski definition) is 6. The topological polar surface area (TPSA) is 54.2 Å². The lowest BCUT2D eigenvalue weighted by molar-refractivity contribution is 0.190. The molecule has 20 heavy (non-hydrogen) atoms. The van der Waals surface area contributed by atoms with Crippen molar-refractivity contribution in [3.05, 3.63) is 22.8 Å². The molecule has 2 aromatic heterocycles. The monoisotopic (exact) mass is 292 g/mol. The molecule has 1 N–H and O–H groups in total. The molecule has 3 rings (SSSR count). The Balaban J connectivity index is 1.88. The molecule has 0 radical (unpaired) electrons. The second-order valence-electron chi connectivity index (χ2n) is 5.52. The highest BCUT2D eigenvalue weighted by molar-refractivity contribution is 7.13. The fraction of sp³-hybridized carbons (Fsp3) is 0.571. The molecule has 0 amide bonds. The van der Waals surface area contributed by atoms with E-state index < -0.39 is 0 Å². The molecule has 1 aliphatic heterocycles. The van der Waals surface area contributed by atoms with Crippen molar-refractivity contribution in [3.63, 3.8) is 0 Å². The van der Waals surface area contributed by atoms with E-state index in [1.54, 1.807) is 11.3 Å². The summed E-state index contributed by atoms with van der Waals surface area (Å²) in [6.45, 7) is 7.26. The zero-order valence-electron chi connectivity index (χ0n) is 12.1. The first-order valence-electron chi connectivity index (χ1n) is 6.99. The molecular weight excluding hydrogens is 272 g/mol. The van der Waals surface area contributed by atoms with Crippen molar-refractivity contribution in [2.24, 2.45) is 0 Å². The standard InChI is InChI=1S/C14H20N4OS/c1-9(2)10-4-7-20-12(10)14-16-13(17-19-14)11-8-15-5-6-18(11)3/h4,7,9,11,15H,5-6,8H2,1-3H3. The van der Waals surface area contributed by atoms with Crippen molar-refractivity contribution in [2.45, 2.75) is 25.8 Å². The number of nitrogens with one attached hydrogen (secondary N) is 1. The highest BCUT2D eigenvalue weighted by atomic mass is 32.1. The van der Waals surface area contributed by atoms with E-state index in [0.717, 1.165) is 30.3 Å². The van der Waals surface area contributed by atoms with Gasteiger partial charge in [0.1, 0.15) is 0 Å². The lowest BCUT2D eigenvalue weighted by Gasteiger charge is -2.30. The molecular formula is C14H20N4OS. The van der Waals surface area contributed by atoms with E-state index in [9.17, 15) is 0 Å². The van der Waals surface area contributed by atoms with Gasteiger partial charge in [-0.3, -0.25) is 4.90 Å². The van der Waals surface area contributed by atoms with Crippen molar-refractivity contribution < 1.29 is 4.52 Å². The Morgan fingerprint density at radius 3 is 3.10 bits per heavy atom. The number of thiophene rings is 1. The summed E-state index contributed by atoms with van der Waals surface area (Å²) in [5.41, 5.74) is 1.28. The highest BCUT2D eigenvalue weighted by Crippen LogP contribution is 2.33. The van der Waals surface area contributed by atoms with Crippen LogP contribution in [0.25, 0.3) is 10.8 Å². The first kappa shape index (κ1) is 13.7. The summed E-state index contributed by atoms with van der Waals surface area (Å²) in [6, 6.07) is 2.34. The number of likely N-dealkylation sites (N-methyl/N-ethyl adjacent to an activating group) is 1. The highest BCUT2D eigenvalue weighted by Gasteiger charge is 2.26. The zero-order valence-corrected chi connectivity index (χ0v) is 12.9. The molecule has 2 aromatic rings. The fourth-order valence-corrected chi connectivity index (χ4v) is 3.48. The van der Waals surface area contributed by atoms with Crippen LogP contribution in [0.5, 0.6) is 0 Å². The van der Waals surface area contributed by atoms with Gasteiger partial charge in [0.05, 0.1) is 10.9 Å². The second kappa shape index (κ2) is 5.63. The molecule has 0 aliphatic carbocycles. The van der Waals surface area contributed by atoms with Gasteiger partial charge in [-0.05, 0) is 30.0 Å². The van der Waals surface area contributed by atoms with Crippen molar-refractivity contribution in [3.8, 4) is 10.8 Å². The van der Waals surface area contributed by atoms with Gasteiger partial charge < -0.3 is 9.84 Å². The third-order valence-corrected chi connectivity index (χ3v) is 4.68. The first-order valence-corrected chi connectivity index (χ1v) is 7.87. The minimum Gasteiger partial charge on any atom is -0.333 e. The van der Waals surface area contributed by atoms with Crippen LogP contribution < -0.4 is 5.32 Å². The Morgan fingerprint density at radius 1 is 1.50 bits per heavy atom. The van der Waals surface area contributed by atoms with Gasteiger partial charge >= 0.3 is 0 Å². The molecule has 108 valence electrons. The number of aromatic nitrogens is 2. The quantitative estimate of drug-likeness (QED) is 0.942. The summed E-state index contributed by atoms with van der Waals surface area (Å²) in [4.78, 5) is 7.99. The Kier molecular flexibility index (Phi) is 3.87. The van der Waals surface area contributed by atoms with Crippen LogP contribution in [-0.4, -0.2) is 41.7 Å². The van der Waals surface area contributed by atoms with Crippen LogP contribution in [0.15, 0.2) is 16.0 Å². The summed E-state index contributed by atoms with van der Waals surface area (Å²) in [6.07, 6.45) is 0. The maximum atomic E-state index is 5.50. The Bertz CT molecular complexity index is 577. The Morgan fingerprint density at radius 2 is 2.35 bits per heavy atom. The second-order valence-corrected chi connectivity index (χ2v) is 6.43. The molecule has 1 fully saturated rings.